The second-order valence-electron chi connectivity index (χ2n) is 8.04. The first-order valence-corrected chi connectivity index (χ1v) is 10.6. The van der Waals surface area contributed by atoms with E-state index in [4.69, 9.17) is 4.74 Å². The summed E-state index contributed by atoms with van der Waals surface area (Å²) in [6.45, 7) is 0. The number of carbonyl (C=O) groups is 1. The zero-order chi connectivity index (χ0) is 20.1. The van der Waals surface area contributed by atoms with E-state index in [-0.39, 0.29) is 5.91 Å². The highest BCUT2D eigenvalue weighted by atomic mass is 16.5. The van der Waals surface area contributed by atoms with E-state index in [1.54, 1.807) is 7.11 Å². The molecule has 0 saturated heterocycles. The maximum atomic E-state index is 12.3. The van der Waals surface area contributed by atoms with Gasteiger partial charge in [-0.3, -0.25) is 9.89 Å². The average molecular weight is 392 g/mol. The number of fused-ring (bicyclic) bond motifs is 1. The van der Waals surface area contributed by atoms with Gasteiger partial charge in [-0.05, 0) is 47.7 Å². The highest BCUT2D eigenvalue weighted by Gasteiger charge is 2.14. The van der Waals surface area contributed by atoms with Crippen LogP contribution in [0.4, 0.5) is 5.82 Å². The van der Waals surface area contributed by atoms with Crippen molar-refractivity contribution in [1.82, 2.24) is 10.2 Å². The van der Waals surface area contributed by atoms with Crippen LogP contribution in [0.2, 0.25) is 0 Å². The number of anilines is 1. The molecule has 2 aromatic carbocycles. The first-order valence-electron chi connectivity index (χ1n) is 10.6. The molecule has 0 aliphatic heterocycles. The summed E-state index contributed by atoms with van der Waals surface area (Å²) in [5, 5.41) is 12.5. The van der Waals surface area contributed by atoms with Crippen LogP contribution in [0.15, 0.2) is 42.5 Å². The van der Waals surface area contributed by atoms with Crippen molar-refractivity contribution in [3.8, 4) is 17.0 Å². The van der Waals surface area contributed by atoms with Gasteiger partial charge in [0, 0.05) is 18.1 Å². The maximum Gasteiger partial charge on any atom is 0.225 e. The van der Waals surface area contributed by atoms with Gasteiger partial charge in [0.05, 0.1) is 12.8 Å². The monoisotopic (exact) mass is 391 g/mol. The van der Waals surface area contributed by atoms with Gasteiger partial charge in [0.25, 0.3) is 0 Å². The van der Waals surface area contributed by atoms with E-state index < -0.39 is 0 Å². The Morgan fingerprint density at radius 2 is 1.90 bits per heavy atom. The van der Waals surface area contributed by atoms with Gasteiger partial charge in [0.1, 0.15) is 11.6 Å². The maximum absolute atomic E-state index is 12.3. The van der Waals surface area contributed by atoms with Crippen LogP contribution >= 0.6 is 0 Å². The molecule has 4 rings (SSSR count). The Bertz CT molecular complexity index is 973. The Morgan fingerprint density at radius 1 is 1.10 bits per heavy atom. The summed E-state index contributed by atoms with van der Waals surface area (Å²) in [6.07, 6.45) is 9.47. The average Bonchev–Trinajstić information content (AvgIpc) is 3.22. The molecule has 0 spiro atoms. The van der Waals surface area contributed by atoms with E-state index >= 15 is 0 Å². The number of aromatic amines is 1. The van der Waals surface area contributed by atoms with Gasteiger partial charge < -0.3 is 10.1 Å². The minimum absolute atomic E-state index is 0.0571. The summed E-state index contributed by atoms with van der Waals surface area (Å²) in [5.74, 6) is 2.38. The molecule has 152 valence electrons. The topological polar surface area (TPSA) is 67.0 Å². The van der Waals surface area contributed by atoms with Crippen LogP contribution in [0.3, 0.4) is 0 Å². The van der Waals surface area contributed by atoms with Crippen molar-refractivity contribution in [2.45, 2.75) is 51.4 Å². The molecule has 5 nitrogen and oxygen atoms in total. The predicted octanol–water partition coefficient (Wildman–Crippen LogP) is 5.93. The second-order valence-corrected chi connectivity index (χ2v) is 8.04. The van der Waals surface area contributed by atoms with Gasteiger partial charge in [-0.25, -0.2) is 0 Å². The lowest BCUT2D eigenvalue weighted by Crippen LogP contribution is -2.13. The lowest BCUT2D eigenvalue weighted by molar-refractivity contribution is -0.116. The smallest absolute Gasteiger partial charge is 0.225 e. The third-order valence-corrected chi connectivity index (χ3v) is 5.94. The molecule has 0 radical (unpaired) electrons. The SMILES string of the molecule is COc1ccc2cc(-c3cc(NC(=O)CCCC4CCCCC4)[nH]n3)ccc2c1. The van der Waals surface area contributed by atoms with Crippen molar-refractivity contribution >= 4 is 22.5 Å². The molecule has 1 fully saturated rings. The number of methoxy groups -OCH3 is 1. The van der Waals surface area contributed by atoms with Crippen LogP contribution < -0.4 is 10.1 Å². The molecular formula is C24H29N3O2. The predicted molar refractivity (Wildman–Crippen MR) is 117 cm³/mol. The number of nitrogens with zero attached hydrogens (tertiary/aromatic N) is 1. The molecular weight excluding hydrogens is 362 g/mol. The molecule has 1 aliphatic rings. The Kier molecular flexibility index (Phi) is 6.13. The highest BCUT2D eigenvalue weighted by Crippen LogP contribution is 2.28. The summed E-state index contributed by atoms with van der Waals surface area (Å²) in [7, 11) is 1.67. The molecule has 3 aromatic rings. The van der Waals surface area contributed by atoms with E-state index in [1.165, 1.54) is 38.5 Å². The Hall–Kier alpha value is -2.82. The van der Waals surface area contributed by atoms with Crippen molar-refractivity contribution in [3.63, 3.8) is 0 Å². The highest BCUT2D eigenvalue weighted by molar-refractivity contribution is 5.91. The fourth-order valence-electron chi connectivity index (χ4n) is 4.28. The van der Waals surface area contributed by atoms with Crippen LogP contribution in [0.1, 0.15) is 51.4 Å². The number of rotatable bonds is 7. The number of carbonyl (C=O) groups excluding carboxylic acids is 1. The van der Waals surface area contributed by atoms with Crippen molar-refractivity contribution in [2.24, 2.45) is 5.92 Å². The first-order chi connectivity index (χ1) is 14.2. The number of aromatic nitrogens is 2. The van der Waals surface area contributed by atoms with Crippen molar-refractivity contribution < 1.29 is 9.53 Å². The summed E-state index contributed by atoms with van der Waals surface area (Å²) in [5.41, 5.74) is 1.83. The zero-order valence-electron chi connectivity index (χ0n) is 17.0. The summed E-state index contributed by atoms with van der Waals surface area (Å²) >= 11 is 0. The molecule has 1 aromatic heterocycles. The van der Waals surface area contributed by atoms with Gasteiger partial charge in [-0.2, -0.15) is 5.10 Å². The molecule has 0 bridgehead atoms. The number of hydrogen-bond donors (Lipinski definition) is 2. The Labute approximate surface area is 171 Å². The second kappa shape index (κ2) is 9.12. The molecule has 29 heavy (non-hydrogen) atoms. The van der Waals surface area contributed by atoms with Crippen LogP contribution in [0.25, 0.3) is 22.0 Å². The Balaban J connectivity index is 1.34. The van der Waals surface area contributed by atoms with E-state index in [1.807, 2.05) is 30.3 Å². The van der Waals surface area contributed by atoms with Gasteiger partial charge in [0.15, 0.2) is 0 Å². The molecule has 0 unspecified atom stereocenters. The molecule has 1 heterocycles. The first kappa shape index (κ1) is 19.5. The number of amides is 1. The largest absolute Gasteiger partial charge is 0.497 e. The summed E-state index contributed by atoms with van der Waals surface area (Å²) in [4.78, 5) is 12.3. The molecule has 0 atom stereocenters. The van der Waals surface area contributed by atoms with E-state index in [2.05, 4.69) is 27.6 Å². The Morgan fingerprint density at radius 3 is 2.72 bits per heavy atom. The number of hydrogen-bond acceptors (Lipinski definition) is 3. The van der Waals surface area contributed by atoms with Crippen molar-refractivity contribution in [3.05, 3.63) is 42.5 Å². The fraction of sp³-hybridized carbons (Fsp3) is 0.417. The van der Waals surface area contributed by atoms with Gasteiger partial charge in [-0.1, -0.05) is 50.3 Å². The minimum Gasteiger partial charge on any atom is -0.497 e. The number of benzene rings is 2. The van der Waals surface area contributed by atoms with Gasteiger partial charge >= 0.3 is 0 Å². The van der Waals surface area contributed by atoms with Crippen molar-refractivity contribution in [1.29, 1.82) is 0 Å². The fourth-order valence-corrected chi connectivity index (χ4v) is 4.28. The zero-order valence-corrected chi connectivity index (χ0v) is 17.0. The van der Waals surface area contributed by atoms with Crippen LogP contribution in [-0.4, -0.2) is 23.2 Å². The van der Waals surface area contributed by atoms with Crippen LogP contribution in [-0.2, 0) is 4.79 Å². The van der Waals surface area contributed by atoms with Crippen LogP contribution in [0, 0.1) is 5.92 Å². The van der Waals surface area contributed by atoms with Crippen LogP contribution in [0.5, 0.6) is 5.75 Å². The molecule has 2 N–H and O–H groups in total. The summed E-state index contributed by atoms with van der Waals surface area (Å²) in [6, 6.07) is 14.1. The number of nitrogens with one attached hydrogen (secondary N) is 2. The number of H-pyrrole nitrogens is 1. The lowest BCUT2D eigenvalue weighted by Gasteiger charge is -2.21. The van der Waals surface area contributed by atoms with E-state index in [9.17, 15) is 4.79 Å². The van der Waals surface area contributed by atoms with Gasteiger partial charge in [0.2, 0.25) is 5.91 Å². The minimum atomic E-state index is 0.0571. The molecule has 5 heteroatoms. The molecule has 1 aliphatic carbocycles. The summed E-state index contributed by atoms with van der Waals surface area (Å²) < 4.78 is 5.28. The molecule has 1 saturated carbocycles. The third kappa shape index (κ3) is 4.97. The number of ether oxygens (including phenoxy) is 1. The van der Waals surface area contributed by atoms with Crippen molar-refractivity contribution in [2.75, 3.05) is 12.4 Å². The lowest BCUT2D eigenvalue weighted by atomic mass is 9.86. The van der Waals surface area contributed by atoms with E-state index in [0.717, 1.165) is 40.1 Å². The third-order valence-electron chi connectivity index (χ3n) is 5.94. The van der Waals surface area contributed by atoms with Gasteiger partial charge in [-0.15, -0.1) is 0 Å². The van der Waals surface area contributed by atoms with E-state index in [0.29, 0.717) is 12.2 Å². The molecule has 1 amide bonds. The normalized spacial score (nSPS) is 14.8. The quantitative estimate of drug-likeness (QED) is 0.525. The standard InChI is InChI=1S/C24H29N3O2/c1-29-21-13-12-18-14-20(11-10-19(18)15-21)22-16-23(27-26-22)25-24(28)9-5-8-17-6-3-2-4-7-17/h10-17H,2-9H2,1H3,(H2,25,26,27,28).